The zero-order valence-electron chi connectivity index (χ0n) is 13.1. The average molecular weight is 309 g/mol. The number of benzene rings is 2. The van der Waals surface area contributed by atoms with Crippen LogP contribution in [0.5, 0.6) is 0 Å². The van der Waals surface area contributed by atoms with Crippen LogP contribution in [-0.2, 0) is 24.2 Å². The van der Waals surface area contributed by atoms with Gasteiger partial charge in [-0.05, 0) is 47.7 Å². The van der Waals surface area contributed by atoms with Crippen molar-refractivity contribution in [2.24, 2.45) is 0 Å². The zero-order valence-corrected chi connectivity index (χ0v) is 13.1. The van der Waals surface area contributed by atoms with E-state index in [1.807, 2.05) is 42.2 Å². The van der Waals surface area contributed by atoms with Crippen molar-refractivity contribution in [1.82, 2.24) is 4.90 Å². The summed E-state index contributed by atoms with van der Waals surface area (Å²) in [5.41, 5.74) is 4.51. The molecule has 3 rings (SSSR count). The largest absolute Gasteiger partial charge is 0.478 e. The lowest BCUT2D eigenvalue weighted by atomic mass is 9.96. The van der Waals surface area contributed by atoms with Crippen molar-refractivity contribution >= 4 is 11.9 Å². The van der Waals surface area contributed by atoms with Crippen LogP contribution in [0.25, 0.3) is 0 Å². The van der Waals surface area contributed by atoms with Gasteiger partial charge in [-0.2, -0.15) is 0 Å². The van der Waals surface area contributed by atoms with E-state index in [2.05, 4.69) is 0 Å². The van der Waals surface area contributed by atoms with Gasteiger partial charge in [0, 0.05) is 13.1 Å². The molecule has 0 aromatic heterocycles. The van der Waals surface area contributed by atoms with Gasteiger partial charge in [0.05, 0.1) is 12.0 Å². The summed E-state index contributed by atoms with van der Waals surface area (Å²) in [6, 6.07) is 13.1. The van der Waals surface area contributed by atoms with Gasteiger partial charge in [0.2, 0.25) is 5.91 Å². The number of carbonyl (C=O) groups excluding carboxylic acids is 1. The Balaban J connectivity index is 1.76. The Bertz CT molecular complexity index is 767. The van der Waals surface area contributed by atoms with Gasteiger partial charge in [-0.15, -0.1) is 0 Å². The fraction of sp³-hybridized carbons (Fsp3) is 0.263. The molecule has 0 bridgehead atoms. The molecule has 0 saturated heterocycles. The van der Waals surface area contributed by atoms with Crippen molar-refractivity contribution in [2.45, 2.75) is 26.3 Å². The van der Waals surface area contributed by atoms with Crippen molar-refractivity contribution in [3.8, 4) is 0 Å². The molecule has 0 saturated carbocycles. The first-order chi connectivity index (χ1) is 11.0. The number of rotatable bonds is 3. The quantitative estimate of drug-likeness (QED) is 0.948. The van der Waals surface area contributed by atoms with E-state index in [-0.39, 0.29) is 11.5 Å². The van der Waals surface area contributed by atoms with Gasteiger partial charge < -0.3 is 10.0 Å². The highest BCUT2D eigenvalue weighted by atomic mass is 16.4. The van der Waals surface area contributed by atoms with Crippen LogP contribution in [0.1, 0.15) is 32.6 Å². The van der Waals surface area contributed by atoms with Crippen LogP contribution >= 0.6 is 0 Å². The third kappa shape index (κ3) is 3.26. The predicted octanol–water partition coefficient (Wildman–Crippen LogP) is 2.82. The zero-order chi connectivity index (χ0) is 16.4. The molecule has 23 heavy (non-hydrogen) atoms. The van der Waals surface area contributed by atoms with E-state index >= 15 is 0 Å². The van der Waals surface area contributed by atoms with Gasteiger partial charge in [0.25, 0.3) is 0 Å². The summed E-state index contributed by atoms with van der Waals surface area (Å²) >= 11 is 0. The van der Waals surface area contributed by atoms with Crippen LogP contribution in [0.4, 0.5) is 0 Å². The molecule has 2 aromatic rings. The van der Waals surface area contributed by atoms with Gasteiger partial charge >= 0.3 is 5.97 Å². The molecule has 0 fully saturated rings. The molecule has 0 radical (unpaired) electrons. The maximum Gasteiger partial charge on any atom is 0.335 e. The Morgan fingerprint density at radius 1 is 1.13 bits per heavy atom. The molecule has 0 atom stereocenters. The number of amides is 1. The third-order valence-corrected chi connectivity index (χ3v) is 4.42. The molecule has 1 aliphatic rings. The van der Waals surface area contributed by atoms with Crippen LogP contribution < -0.4 is 0 Å². The maximum atomic E-state index is 12.6. The SMILES string of the molecule is Cc1ccccc1CC(=O)N1CCc2ccc(C(=O)O)cc2C1. The molecule has 1 amide bonds. The van der Waals surface area contributed by atoms with Crippen molar-refractivity contribution in [1.29, 1.82) is 0 Å². The van der Waals surface area contributed by atoms with Crippen LogP contribution in [0, 0.1) is 6.92 Å². The highest BCUT2D eigenvalue weighted by molar-refractivity contribution is 5.88. The second-order valence-corrected chi connectivity index (χ2v) is 5.96. The number of hydrogen-bond acceptors (Lipinski definition) is 2. The number of aromatic carboxylic acids is 1. The summed E-state index contributed by atoms with van der Waals surface area (Å²) in [5.74, 6) is -0.846. The molecule has 4 nitrogen and oxygen atoms in total. The summed E-state index contributed by atoms with van der Waals surface area (Å²) in [5, 5.41) is 9.11. The highest BCUT2D eigenvalue weighted by Gasteiger charge is 2.22. The van der Waals surface area contributed by atoms with Crippen LogP contribution in [0.2, 0.25) is 0 Å². The first-order valence-corrected chi connectivity index (χ1v) is 7.72. The summed E-state index contributed by atoms with van der Waals surface area (Å²) in [7, 11) is 0. The van der Waals surface area contributed by atoms with Gasteiger partial charge in [-0.1, -0.05) is 30.3 Å². The van der Waals surface area contributed by atoms with Gasteiger partial charge in [0.15, 0.2) is 0 Å². The van der Waals surface area contributed by atoms with Crippen molar-refractivity contribution < 1.29 is 14.7 Å². The number of hydrogen-bond donors (Lipinski definition) is 1. The summed E-state index contributed by atoms with van der Waals surface area (Å²) < 4.78 is 0. The second kappa shape index (κ2) is 6.24. The number of carboxylic acid groups (broad SMARTS) is 1. The summed E-state index contributed by atoms with van der Waals surface area (Å²) in [6.45, 7) is 3.18. The highest BCUT2D eigenvalue weighted by Crippen LogP contribution is 2.21. The number of fused-ring (bicyclic) bond motifs is 1. The number of nitrogens with zero attached hydrogens (tertiary/aromatic N) is 1. The molecule has 1 N–H and O–H groups in total. The maximum absolute atomic E-state index is 12.6. The van der Waals surface area contributed by atoms with E-state index in [1.54, 1.807) is 12.1 Å². The lowest BCUT2D eigenvalue weighted by Crippen LogP contribution is -2.37. The van der Waals surface area contributed by atoms with Crippen LogP contribution in [-0.4, -0.2) is 28.4 Å². The van der Waals surface area contributed by atoms with Crippen molar-refractivity contribution in [3.63, 3.8) is 0 Å². The Kier molecular flexibility index (Phi) is 4.15. The van der Waals surface area contributed by atoms with E-state index < -0.39 is 5.97 Å². The standard InChI is InChI=1S/C19H19NO3/c1-13-4-2-3-5-15(13)11-18(21)20-9-8-14-6-7-16(19(22)23)10-17(14)12-20/h2-7,10H,8-9,11-12H2,1H3,(H,22,23). The molecule has 1 aliphatic heterocycles. The van der Waals surface area contributed by atoms with E-state index in [0.717, 1.165) is 28.7 Å². The molecule has 0 aliphatic carbocycles. The smallest absolute Gasteiger partial charge is 0.335 e. The molecule has 0 spiro atoms. The van der Waals surface area contributed by atoms with Gasteiger partial charge in [0.1, 0.15) is 0 Å². The Morgan fingerprint density at radius 3 is 2.65 bits per heavy atom. The van der Waals surface area contributed by atoms with E-state index in [1.165, 1.54) is 0 Å². The minimum atomic E-state index is -0.934. The normalized spacial score (nSPS) is 13.5. The van der Waals surface area contributed by atoms with E-state index in [4.69, 9.17) is 5.11 Å². The fourth-order valence-electron chi connectivity index (χ4n) is 2.99. The molecule has 0 unspecified atom stereocenters. The Labute approximate surface area is 135 Å². The van der Waals surface area contributed by atoms with Gasteiger partial charge in [-0.3, -0.25) is 4.79 Å². The number of carbonyl (C=O) groups is 2. The third-order valence-electron chi connectivity index (χ3n) is 4.42. The van der Waals surface area contributed by atoms with Crippen LogP contribution in [0.15, 0.2) is 42.5 Å². The fourth-order valence-corrected chi connectivity index (χ4v) is 2.99. The molecule has 2 aromatic carbocycles. The first kappa shape index (κ1) is 15.3. The van der Waals surface area contributed by atoms with Gasteiger partial charge in [-0.25, -0.2) is 4.79 Å². The topological polar surface area (TPSA) is 57.6 Å². The second-order valence-electron chi connectivity index (χ2n) is 5.96. The summed E-state index contributed by atoms with van der Waals surface area (Å²) in [4.78, 5) is 25.5. The minimum Gasteiger partial charge on any atom is -0.478 e. The van der Waals surface area contributed by atoms with E-state index in [0.29, 0.717) is 19.5 Å². The minimum absolute atomic E-state index is 0.0886. The monoisotopic (exact) mass is 309 g/mol. The Hall–Kier alpha value is -2.62. The van der Waals surface area contributed by atoms with Crippen molar-refractivity contribution in [2.75, 3.05) is 6.54 Å². The van der Waals surface area contributed by atoms with E-state index in [9.17, 15) is 9.59 Å². The first-order valence-electron chi connectivity index (χ1n) is 7.72. The molecule has 4 heteroatoms. The van der Waals surface area contributed by atoms with Crippen LogP contribution in [0.3, 0.4) is 0 Å². The Morgan fingerprint density at radius 2 is 1.91 bits per heavy atom. The number of carboxylic acids is 1. The molecular weight excluding hydrogens is 290 g/mol. The average Bonchev–Trinajstić information content (AvgIpc) is 2.55. The molecular formula is C19H19NO3. The molecule has 118 valence electrons. The lowest BCUT2D eigenvalue weighted by molar-refractivity contribution is -0.131. The predicted molar refractivity (Wildman–Crippen MR) is 87.4 cm³/mol. The summed E-state index contributed by atoms with van der Waals surface area (Å²) in [6.07, 6.45) is 1.16. The lowest BCUT2D eigenvalue weighted by Gasteiger charge is -2.29. The van der Waals surface area contributed by atoms with Crippen molar-refractivity contribution in [3.05, 3.63) is 70.3 Å². The molecule has 1 heterocycles. The number of aryl methyl sites for hydroxylation is 1.